The SMILES string of the molecule is CC(C)[C@@H](NC(=O)c1cnn(Cc2ccccc2Cl)c1)C(=O)O. The van der Waals surface area contributed by atoms with Gasteiger partial charge < -0.3 is 10.4 Å². The zero-order chi connectivity index (χ0) is 17.0. The van der Waals surface area contributed by atoms with Gasteiger partial charge >= 0.3 is 5.97 Å². The fourth-order valence-corrected chi connectivity index (χ4v) is 2.30. The molecule has 2 N–H and O–H groups in total. The molecule has 1 aromatic heterocycles. The van der Waals surface area contributed by atoms with Crippen LogP contribution >= 0.6 is 11.6 Å². The number of amides is 1. The van der Waals surface area contributed by atoms with E-state index in [0.29, 0.717) is 17.1 Å². The van der Waals surface area contributed by atoms with Gasteiger partial charge in [0.25, 0.3) is 5.91 Å². The Morgan fingerprint density at radius 3 is 2.65 bits per heavy atom. The molecule has 0 saturated carbocycles. The number of carboxylic acids is 1. The fraction of sp³-hybridized carbons (Fsp3) is 0.312. The summed E-state index contributed by atoms with van der Waals surface area (Å²) < 4.78 is 1.58. The minimum atomic E-state index is -1.06. The van der Waals surface area contributed by atoms with Gasteiger partial charge in [-0.2, -0.15) is 5.10 Å². The molecule has 0 aliphatic rings. The molecule has 0 radical (unpaired) electrons. The molecule has 1 atom stereocenters. The smallest absolute Gasteiger partial charge is 0.326 e. The van der Waals surface area contributed by atoms with Crippen LogP contribution in [0.5, 0.6) is 0 Å². The average molecular weight is 336 g/mol. The molecular weight excluding hydrogens is 318 g/mol. The molecule has 7 heteroatoms. The van der Waals surface area contributed by atoms with Gasteiger partial charge in [-0.25, -0.2) is 4.79 Å². The lowest BCUT2D eigenvalue weighted by molar-refractivity contribution is -0.140. The minimum absolute atomic E-state index is 0.213. The molecule has 0 spiro atoms. The van der Waals surface area contributed by atoms with E-state index in [9.17, 15) is 9.59 Å². The number of hydrogen-bond acceptors (Lipinski definition) is 3. The maximum Gasteiger partial charge on any atom is 0.326 e. The van der Waals surface area contributed by atoms with Crippen LogP contribution in [0.1, 0.15) is 29.8 Å². The van der Waals surface area contributed by atoms with Crippen molar-refractivity contribution >= 4 is 23.5 Å². The van der Waals surface area contributed by atoms with Crippen molar-refractivity contribution in [2.24, 2.45) is 5.92 Å². The molecule has 0 aliphatic heterocycles. The highest BCUT2D eigenvalue weighted by atomic mass is 35.5. The van der Waals surface area contributed by atoms with Crippen molar-refractivity contribution in [1.82, 2.24) is 15.1 Å². The summed E-state index contributed by atoms with van der Waals surface area (Å²) in [4.78, 5) is 23.3. The van der Waals surface area contributed by atoms with Crippen molar-refractivity contribution in [2.45, 2.75) is 26.4 Å². The lowest BCUT2D eigenvalue weighted by Crippen LogP contribution is -2.44. The first-order valence-electron chi connectivity index (χ1n) is 7.18. The lowest BCUT2D eigenvalue weighted by atomic mass is 10.0. The number of aromatic nitrogens is 2. The highest BCUT2D eigenvalue weighted by Crippen LogP contribution is 2.16. The van der Waals surface area contributed by atoms with Crippen molar-refractivity contribution in [1.29, 1.82) is 0 Å². The molecule has 0 saturated heterocycles. The molecule has 0 unspecified atom stereocenters. The molecule has 2 rings (SSSR count). The molecule has 0 bridgehead atoms. The number of carbonyl (C=O) groups excluding carboxylic acids is 1. The molecule has 122 valence electrons. The van der Waals surface area contributed by atoms with Crippen molar-refractivity contribution in [3.63, 3.8) is 0 Å². The lowest BCUT2D eigenvalue weighted by Gasteiger charge is -2.17. The van der Waals surface area contributed by atoms with E-state index < -0.39 is 17.9 Å². The Balaban J connectivity index is 2.08. The second kappa shape index (κ2) is 7.28. The van der Waals surface area contributed by atoms with Crippen LogP contribution in [-0.2, 0) is 11.3 Å². The van der Waals surface area contributed by atoms with E-state index in [0.717, 1.165) is 5.56 Å². The summed E-state index contributed by atoms with van der Waals surface area (Å²) in [7, 11) is 0. The van der Waals surface area contributed by atoms with Crippen LogP contribution in [0.2, 0.25) is 5.02 Å². The quantitative estimate of drug-likeness (QED) is 0.849. The normalized spacial score (nSPS) is 12.2. The van der Waals surface area contributed by atoms with E-state index in [-0.39, 0.29) is 5.92 Å². The monoisotopic (exact) mass is 335 g/mol. The highest BCUT2D eigenvalue weighted by Gasteiger charge is 2.24. The molecule has 2 aromatic rings. The van der Waals surface area contributed by atoms with Crippen LogP contribution in [0.3, 0.4) is 0 Å². The molecule has 6 nitrogen and oxygen atoms in total. The van der Waals surface area contributed by atoms with E-state index in [4.69, 9.17) is 16.7 Å². The molecule has 1 aromatic carbocycles. The van der Waals surface area contributed by atoms with Crippen molar-refractivity contribution < 1.29 is 14.7 Å². The van der Waals surface area contributed by atoms with Crippen molar-refractivity contribution in [3.05, 3.63) is 52.8 Å². The molecule has 1 amide bonds. The van der Waals surface area contributed by atoms with Gasteiger partial charge in [-0.3, -0.25) is 9.48 Å². The first-order valence-corrected chi connectivity index (χ1v) is 7.56. The minimum Gasteiger partial charge on any atom is -0.480 e. The molecule has 23 heavy (non-hydrogen) atoms. The third kappa shape index (κ3) is 4.32. The van der Waals surface area contributed by atoms with Gasteiger partial charge in [0.05, 0.1) is 18.3 Å². The maximum absolute atomic E-state index is 12.1. The summed E-state index contributed by atoms with van der Waals surface area (Å²) in [6, 6.07) is 6.44. The number of aliphatic carboxylic acids is 1. The fourth-order valence-electron chi connectivity index (χ4n) is 2.11. The number of rotatable bonds is 6. The van der Waals surface area contributed by atoms with Gasteiger partial charge in [0.2, 0.25) is 0 Å². The van der Waals surface area contributed by atoms with E-state index in [1.807, 2.05) is 18.2 Å². The molecular formula is C16H18ClN3O3. The largest absolute Gasteiger partial charge is 0.480 e. The van der Waals surface area contributed by atoms with Gasteiger partial charge in [-0.05, 0) is 17.5 Å². The Hall–Kier alpha value is -2.34. The Kier molecular flexibility index (Phi) is 5.39. The Labute approximate surface area is 139 Å². The predicted molar refractivity (Wildman–Crippen MR) is 86.5 cm³/mol. The summed E-state index contributed by atoms with van der Waals surface area (Å²) in [5.41, 5.74) is 1.19. The maximum atomic E-state index is 12.1. The standard InChI is InChI=1S/C16H18ClN3O3/c1-10(2)14(16(22)23)19-15(21)12-7-18-20(9-12)8-11-5-3-4-6-13(11)17/h3-7,9-10,14H,8H2,1-2H3,(H,19,21)(H,22,23)/t14-/m1/s1. The molecule has 0 fully saturated rings. The zero-order valence-corrected chi connectivity index (χ0v) is 13.6. The first kappa shape index (κ1) is 17.0. The summed E-state index contributed by atoms with van der Waals surface area (Å²) in [5, 5.41) is 16.4. The number of halogens is 1. The second-order valence-electron chi connectivity index (χ2n) is 5.55. The van der Waals surface area contributed by atoms with E-state index >= 15 is 0 Å². The number of carbonyl (C=O) groups is 2. The van der Waals surface area contributed by atoms with Crippen molar-refractivity contribution in [2.75, 3.05) is 0 Å². The van der Waals surface area contributed by atoms with Crippen LogP contribution in [0, 0.1) is 5.92 Å². The number of hydrogen-bond donors (Lipinski definition) is 2. The first-order chi connectivity index (χ1) is 10.9. The van der Waals surface area contributed by atoms with E-state index in [2.05, 4.69) is 10.4 Å². The van der Waals surface area contributed by atoms with E-state index in [1.165, 1.54) is 6.20 Å². The summed E-state index contributed by atoms with van der Waals surface area (Å²) in [6.45, 7) is 3.90. The van der Waals surface area contributed by atoms with Gasteiger partial charge in [0, 0.05) is 11.2 Å². The highest BCUT2D eigenvalue weighted by molar-refractivity contribution is 6.31. The third-order valence-electron chi connectivity index (χ3n) is 3.40. The number of nitrogens with one attached hydrogen (secondary N) is 1. The van der Waals surface area contributed by atoms with Crippen LogP contribution in [-0.4, -0.2) is 32.8 Å². The van der Waals surface area contributed by atoms with Gasteiger partial charge in [-0.15, -0.1) is 0 Å². The van der Waals surface area contributed by atoms with Gasteiger partial charge in [0.15, 0.2) is 0 Å². The second-order valence-corrected chi connectivity index (χ2v) is 5.96. The predicted octanol–water partition coefficient (Wildman–Crippen LogP) is 2.42. The van der Waals surface area contributed by atoms with Crippen LogP contribution in [0.15, 0.2) is 36.7 Å². The number of benzene rings is 1. The van der Waals surface area contributed by atoms with E-state index in [1.54, 1.807) is 30.8 Å². The van der Waals surface area contributed by atoms with Crippen LogP contribution < -0.4 is 5.32 Å². The van der Waals surface area contributed by atoms with Crippen LogP contribution in [0.4, 0.5) is 0 Å². The Morgan fingerprint density at radius 2 is 2.04 bits per heavy atom. The topological polar surface area (TPSA) is 84.2 Å². The third-order valence-corrected chi connectivity index (χ3v) is 3.77. The Bertz CT molecular complexity index is 712. The molecule has 1 heterocycles. The number of nitrogens with zero attached hydrogens (tertiary/aromatic N) is 2. The average Bonchev–Trinajstić information content (AvgIpc) is 2.95. The Morgan fingerprint density at radius 1 is 1.35 bits per heavy atom. The summed E-state index contributed by atoms with van der Waals surface area (Å²) >= 11 is 6.10. The van der Waals surface area contributed by atoms with Gasteiger partial charge in [-0.1, -0.05) is 43.6 Å². The van der Waals surface area contributed by atoms with Crippen LogP contribution in [0.25, 0.3) is 0 Å². The molecule has 0 aliphatic carbocycles. The summed E-state index contributed by atoms with van der Waals surface area (Å²) in [5.74, 6) is -1.73. The van der Waals surface area contributed by atoms with Crippen molar-refractivity contribution in [3.8, 4) is 0 Å². The zero-order valence-electron chi connectivity index (χ0n) is 12.9. The number of carboxylic acid groups (broad SMARTS) is 1. The van der Waals surface area contributed by atoms with Gasteiger partial charge in [0.1, 0.15) is 6.04 Å². The summed E-state index contributed by atoms with van der Waals surface area (Å²) in [6.07, 6.45) is 2.98.